The molecule has 0 spiro atoms. The van der Waals surface area contributed by atoms with E-state index < -0.39 is 0 Å². The minimum Gasteiger partial charge on any atom is -0.294 e. The zero-order chi connectivity index (χ0) is 13.1. The van der Waals surface area contributed by atoms with Gasteiger partial charge in [0.2, 0.25) is 0 Å². The smallest absolute Gasteiger partial charge is 0.168 e. The predicted octanol–water partition coefficient (Wildman–Crippen LogP) is 3.74. The van der Waals surface area contributed by atoms with Gasteiger partial charge in [-0.3, -0.25) is 9.48 Å². The molecule has 1 aromatic carbocycles. The van der Waals surface area contributed by atoms with Crippen molar-refractivity contribution in [2.45, 2.75) is 19.9 Å². The normalized spacial score (nSPS) is 10.6. The van der Waals surface area contributed by atoms with E-state index >= 15 is 0 Å². The van der Waals surface area contributed by atoms with Crippen LogP contribution in [0.4, 0.5) is 0 Å². The minimum atomic E-state index is -0.00282. The summed E-state index contributed by atoms with van der Waals surface area (Å²) >= 11 is 9.41. The average molecular weight is 328 g/mol. The van der Waals surface area contributed by atoms with Crippen molar-refractivity contribution < 1.29 is 4.79 Å². The summed E-state index contributed by atoms with van der Waals surface area (Å²) in [5.74, 6) is -0.00282. The van der Waals surface area contributed by atoms with Crippen LogP contribution in [-0.4, -0.2) is 15.6 Å². The van der Waals surface area contributed by atoms with E-state index in [9.17, 15) is 4.79 Å². The Balaban J connectivity index is 2.19. The number of rotatable bonds is 4. The van der Waals surface area contributed by atoms with Gasteiger partial charge in [-0.05, 0) is 40.5 Å². The summed E-state index contributed by atoms with van der Waals surface area (Å²) in [6.07, 6.45) is 3.91. The second-order valence-electron chi connectivity index (χ2n) is 3.91. The lowest BCUT2D eigenvalue weighted by atomic mass is 10.1. The van der Waals surface area contributed by atoms with Crippen molar-refractivity contribution in [1.29, 1.82) is 0 Å². The van der Waals surface area contributed by atoms with Crippen LogP contribution < -0.4 is 0 Å². The van der Waals surface area contributed by atoms with Gasteiger partial charge in [0.1, 0.15) is 0 Å². The van der Waals surface area contributed by atoms with Crippen molar-refractivity contribution in [1.82, 2.24) is 9.78 Å². The van der Waals surface area contributed by atoms with Gasteiger partial charge in [-0.25, -0.2) is 0 Å². The second kappa shape index (κ2) is 5.67. The van der Waals surface area contributed by atoms with Gasteiger partial charge in [-0.15, -0.1) is 0 Å². The number of carbonyl (C=O) groups excluding carboxylic acids is 1. The summed E-state index contributed by atoms with van der Waals surface area (Å²) in [6, 6.07) is 5.35. The van der Waals surface area contributed by atoms with Crippen molar-refractivity contribution in [2.75, 3.05) is 0 Å². The first-order chi connectivity index (χ1) is 8.61. The summed E-state index contributed by atoms with van der Waals surface area (Å²) in [4.78, 5) is 12.1. The van der Waals surface area contributed by atoms with Crippen LogP contribution in [0, 0.1) is 0 Å². The lowest BCUT2D eigenvalue weighted by Gasteiger charge is -2.03. The molecule has 5 heteroatoms. The third-order valence-electron chi connectivity index (χ3n) is 2.63. The van der Waals surface area contributed by atoms with E-state index in [1.54, 1.807) is 23.0 Å². The first-order valence-electron chi connectivity index (χ1n) is 5.60. The van der Waals surface area contributed by atoms with Crippen molar-refractivity contribution in [3.05, 3.63) is 51.2 Å². The van der Waals surface area contributed by atoms with Crippen molar-refractivity contribution >= 4 is 33.3 Å². The molecule has 0 unspecified atom stereocenters. The number of carbonyl (C=O) groups is 1. The summed E-state index contributed by atoms with van der Waals surface area (Å²) in [5, 5.41) is 4.61. The highest BCUT2D eigenvalue weighted by molar-refractivity contribution is 9.10. The second-order valence-corrected chi connectivity index (χ2v) is 5.14. The molecule has 0 aliphatic rings. The Kier molecular flexibility index (Phi) is 4.19. The zero-order valence-corrected chi connectivity index (χ0v) is 12.2. The Morgan fingerprint density at radius 1 is 1.50 bits per heavy atom. The predicted molar refractivity (Wildman–Crippen MR) is 75.1 cm³/mol. The number of ketones is 1. The van der Waals surface area contributed by atoms with E-state index in [0.717, 1.165) is 16.6 Å². The fraction of sp³-hybridized carbons (Fsp3) is 0.231. The monoisotopic (exact) mass is 326 g/mol. The first kappa shape index (κ1) is 13.3. The highest BCUT2D eigenvalue weighted by Gasteiger charge is 2.13. The van der Waals surface area contributed by atoms with Crippen LogP contribution >= 0.6 is 27.5 Å². The van der Waals surface area contributed by atoms with E-state index in [1.807, 2.05) is 19.2 Å². The maximum Gasteiger partial charge on any atom is 0.168 e. The number of Topliss-reactive ketones (excluding diaryl/α,β-unsaturated/α-hetero) is 1. The Morgan fingerprint density at radius 3 is 2.94 bits per heavy atom. The molecule has 2 rings (SSSR count). The van der Waals surface area contributed by atoms with E-state index in [-0.39, 0.29) is 5.78 Å². The highest BCUT2D eigenvalue weighted by Crippen LogP contribution is 2.26. The van der Waals surface area contributed by atoms with Crippen molar-refractivity contribution in [3.63, 3.8) is 0 Å². The molecule has 0 saturated carbocycles. The number of aryl methyl sites for hydroxylation is 1. The van der Waals surface area contributed by atoms with Gasteiger partial charge in [-0.1, -0.05) is 17.7 Å². The highest BCUT2D eigenvalue weighted by atomic mass is 79.9. The van der Waals surface area contributed by atoms with Crippen LogP contribution in [0.3, 0.4) is 0 Å². The molecule has 0 N–H and O–H groups in total. The van der Waals surface area contributed by atoms with Gasteiger partial charge >= 0.3 is 0 Å². The quantitative estimate of drug-likeness (QED) is 0.802. The fourth-order valence-corrected chi connectivity index (χ4v) is 2.27. The molecule has 0 radical (unpaired) electrons. The molecule has 2 aromatic rings. The lowest BCUT2D eigenvalue weighted by molar-refractivity contribution is 0.0993. The van der Waals surface area contributed by atoms with Crippen molar-refractivity contribution in [3.8, 4) is 0 Å². The molecule has 0 aliphatic heterocycles. The molecular weight excluding hydrogens is 316 g/mol. The maximum absolute atomic E-state index is 12.1. The van der Waals surface area contributed by atoms with Gasteiger partial charge in [0.05, 0.1) is 11.2 Å². The third-order valence-corrected chi connectivity index (χ3v) is 3.92. The lowest BCUT2D eigenvalue weighted by Crippen LogP contribution is -2.04. The maximum atomic E-state index is 12.1. The van der Waals surface area contributed by atoms with E-state index in [4.69, 9.17) is 11.6 Å². The van der Waals surface area contributed by atoms with Crippen LogP contribution in [0.15, 0.2) is 35.1 Å². The molecule has 94 valence electrons. The van der Waals surface area contributed by atoms with Gasteiger partial charge in [0.15, 0.2) is 5.78 Å². The topological polar surface area (TPSA) is 34.9 Å². The number of benzene rings is 1. The minimum absolute atomic E-state index is 0.00282. The molecule has 0 aliphatic carbocycles. The molecule has 0 fully saturated rings. The van der Waals surface area contributed by atoms with Crippen LogP contribution in [0.1, 0.15) is 22.8 Å². The average Bonchev–Trinajstić information content (AvgIpc) is 2.80. The Morgan fingerprint density at radius 2 is 2.28 bits per heavy atom. The first-order valence-corrected chi connectivity index (χ1v) is 6.77. The Hall–Kier alpha value is -1.13. The molecule has 3 nitrogen and oxygen atoms in total. The molecule has 0 bridgehead atoms. The third kappa shape index (κ3) is 2.82. The molecule has 1 heterocycles. The van der Waals surface area contributed by atoms with Gasteiger partial charge in [-0.2, -0.15) is 5.10 Å². The summed E-state index contributed by atoms with van der Waals surface area (Å²) in [6.45, 7) is 2.80. The SMILES string of the molecule is CCn1cc(CC(=O)c2cccc(Br)c2Cl)cn1. The van der Waals surface area contributed by atoms with E-state index in [2.05, 4.69) is 21.0 Å². The molecule has 0 amide bonds. The van der Waals surface area contributed by atoms with Crippen LogP contribution in [0.5, 0.6) is 0 Å². The number of aromatic nitrogens is 2. The zero-order valence-electron chi connectivity index (χ0n) is 9.86. The molecule has 0 saturated heterocycles. The number of nitrogens with zero attached hydrogens (tertiary/aromatic N) is 2. The summed E-state index contributed by atoms with van der Waals surface area (Å²) < 4.78 is 2.53. The van der Waals surface area contributed by atoms with Crippen LogP contribution in [0.2, 0.25) is 5.02 Å². The number of hydrogen-bond acceptors (Lipinski definition) is 2. The van der Waals surface area contributed by atoms with Crippen LogP contribution in [-0.2, 0) is 13.0 Å². The fourth-order valence-electron chi connectivity index (χ4n) is 1.67. The van der Waals surface area contributed by atoms with E-state index in [0.29, 0.717) is 17.0 Å². The standard InChI is InChI=1S/C13H12BrClN2O/c1-2-17-8-9(7-16-17)6-12(18)10-4-3-5-11(14)13(10)15/h3-5,7-8H,2,6H2,1H3. The van der Waals surface area contributed by atoms with Gasteiger partial charge in [0, 0.05) is 29.2 Å². The Labute approximate surface area is 119 Å². The number of hydrogen-bond donors (Lipinski definition) is 0. The molecule has 0 atom stereocenters. The van der Waals surface area contributed by atoms with Crippen LogP contribution in [0.25, 0.3) is 0 Å². The summed E-state index contributed by atoms with van der Waals surface area (Å²) in [7, 11) is 0. The van der Waals surface area contributed by atoms with Gasteiger partial charge in [0.25, 0.3) is 0 Å². The molecular formula is C13H12BrClN2O. The molecule has 1 aromatic heterocycles. The summed E-state index contributed by atoms with van der Waals surface area (Å²) in [5.41, 5.74) is 1.44. The number of halogens is 2. The Bertz CT molecular complexity index is 580. The largest absolute Gasteiger partial charge is 0.294 e. The van der Waals surface area contributed by atoms with E-state index in [1.165, 1.54) is 0 Å². The van der Waals surface area contributed by atoms with Crippen molar-refractivity contribution in [2.24, 2.45) is 0 Å². The molecule has 18 heavy (non-hydrogen) atoms. The van der Waals surface area contributed by atoms with Gasteiger partial charge < -0.3 is 0 Å².